The second-order valence-corrected chi connectivity index (χ2v) is 6.46. The van der Waals surface area contributed by atoms with Crippen LogP contribution in [0.15, 0.2) is 60.1 Å². The number of nitrogens with zero attached hydrogens (tertiary/aromatic N) is 4. The van der Waals surface area contributed by atoms with Crippen LogP contribution in [0.2, 0.25) is 0 Å². The van der Waals surface area contributed by atoms with Crippen LogP contribution in [0.5, 0.6) is 0 Å². The number of oxime groups is 1. The van der Waals surface area contributed by atoms with Gasteiger partial charge in [0, 0.05) is 30.1 Å². The average molecular weight is 345 g/mol. The highest BCUT2D eigenvalue weighted by Crippen LogP contribution is 2.41. The zero-order valence-corrected chi connectivity index (χ0v) is 14.2. The van der Waals surface area contributed by atoms with E-state index in [2.05, 4.69) is 38.3 Å². The predicted molar refractivity (Wildman–Crippen MR) is 100 cm³/mol. The summed E-state index contributed by atoms with van der Waals surface area (Å²) >= 11 is 0. The van der Waals surface area contributed by atoms with Crippen LogP contribution in [0, 0.1) is 0 Å². The van der Waals surface area contributed by atoms with Crippen LogP contribution in [-0.2, 0) is 6.42 Å². The van der Waals surface area contributed by atoms with E-state index in [1.54, 1.807) is 24.8 Å². The third-order valence-electron chi connectivity index (χ3n) is 4.93. The highest BCUT2D eigenvalue weighted by molar-refractivity contribution is 5.71. The molecule has 26 heavy (non-hydrogen) atoms. The van der Waals surface area contributed by atoms with Gasteiger partial charge in [-0.05, 0) is 47.6 Å². The highest BCUT2D eigenvalue weighted by atomic mass is 16.4. The summed E-state index contributed by atoms with van der Waals surface area (Å²) in [5.41, 5.74) is 11.3. The maximum Gasteiger partial charge on any atom is 0.220 e. The molecule has 3 aromatic rings. The first-order valence-electron chi connectivity index (χ1n) is 8.54. The van der Waals surface area contributed by atoms with Crippen LogP contribution in [0.3, 0.4) is 0 Å². The molecule has 0 aliphatic heterocycles. The van der Waals surface area contributed by atoms with Crippen LogP contribution >= 0.6 is 0 Å². The van der Waals surface area contributed by atoms with E-state index in [1.165, 1.54) is 11.1 Å². The van der Waals surface area contributed by atoms with Crippen molar-refractivity contribution in [2.45, 2.75) is 24.7 Å². The van der Waals surface area contributed by atoms with Gasteiger partial charge >= 0.3 is 0 Å². The molecule has 2 heterocycles. The molecule has 0 amide bonds. The minimum Gasteiger partial charge on any atom is -0.411 e. The van der Waals surface area contributed by atoms with E-state index < -0.39 is 0 Å². The fourth-order valence-electron chi connectivity index (χ4n) is 3.77. The van der Waals surface area contributed by atoms with Crippen molar-refractivity contribution in [2.75, 3.05) is 5.73 Å². The van der Waals surface area contributed by atoms with E-state index in [9.17, 15) is 0 Å². The Morgan fingerprint density at radius 1 is 1.12 bits per heavy atom. The third kappa shape index (κ3) is 3.01. The Morgan fingerprint density at radius 3 is 2.73 bits per heavy atom. The Balaban J connectivity index is 1.78. The molecule has 0 saturated heterocycles. The van der Waals surface area contributed by atoms with Crippen LogP contribution in [0.25, 0.3) is 11.1 Å². The van der Waals surface area contributed by atoms with Crippen LogP contribution in [0.1, 0.15) is 35.1 Å². The van der Waals surface area contributed by atoms with Crippen molar-refractivity contribution in [3.8, 4) is 11.1 Å². The first-order chi connectivity index (χ1) is 12.8. The molecule has 1 aliphatic carbocycles. The average Bonchev–Trinajstić information content (AvgIpc) is 2.68. The Hall–Kier alpha value is -3.28. The lowest BCUT2D eigenvalue weighted by atomic mass is 9.75. The van der Waals surface area contributed by atoms with Crippen molar-refractivity contribution in [2.24, 2.45) is 5.16 Å². The molecule has 0 saturated carbocycles. The normalized spacial score (nSPS) is 19.4. The molecule has 0 bridgehead atoms. The quantitative estimate of drug-likeness (QED) is 0.431. The van der Waals surface area contributed by atoms with E-state index in [4.69, 9.17) is 10.9 Å². The van der Waals surface area contributed by atoms with Gasteiger partial charge in [-0.2, -0.15) is 0 Å². The first-order valence-corrected chi connectivity index (χ1v) is 8.54. The Labute approximate surface area is 151 Å². The first kappa shape index (κ1) is 16.2. The largest absolute Gasteiger partial charge is 0.411 e. The molecule has 2 aromatic heterocycles. The van der Waals surface area contributed by atoms with Crippen molar-refractivity contribution in [1.29, 1.82) is 0 Å². The lowest BCUT2D eigenvalue weighted by molar-refractivity contribution is 0.318. The smallest absolute Gasteiger partial charge is 0.220 e. The number of aromatic nitrogens is 3. The fraction of sp³-hybridized carbons (Fsp3) is 0.200. The molecule has 1 aromatic carbocycles. The monoisotopic (exact) mass is 345 g/mol. The molecule has 6 heteroatoms. The van der Waals surface area contributed by atoms with Gasteiger partial charge in [-0.15, -0.1) is 5.16 Å². The maximum atomic E-state index is 9.09. The molecule has 2 unspecified atom stereocenters. The summed E-state index contributed by atoms with van der Waals surface area (Å²) in [5.74, 6) is 0.468. The summed E-state index contributed by atoms with van der Waals surface area (Å²) in [6.07, 6.45) is 8.51. The number of hydrogen-bond acceptors (Lipinski definition) is 6. The molecule has 0 radical (unpaired) electrons. The predicted octanol–water partition coefficient (Wildman–Crippen LogP) is 3.39. The van der Waals surface area contributed by atoms with Gasteiger partial charge in [0.15, 0.2) is 0 Å². The second-order valence-electron chi connectivity index (χ2n) is 6.46. The molecule has 6 nitrogen and oxygen atoms in total. The Kier molecular flexibility index (Phi) is 4.31. The lowest BCUT2D eigenvalue weighted by Crippen LogP contribution is -2.21. The summed E-state index contributed by atoms with van der Waals surface area (Å²) in [6.45, 7) is 0. The van der Waals surface area contributed by atoms with Crippen molar-refractivity contribution >= 4 is 12.2 Å². The van der Waals surface area contributed by atoms with Gasteiger partial charge in [-0.1, -0.05) is 24.3 Å². The van der Waals surface area contributed by atoms with E-state index >= 15 is 0 Å². The van der Waals surface area contributed by atoms with Crippen LogP contribution < -0.4 is 5.73 Å². The van der Waals surface area contributed by atoms with Crippen molar-refractivity contribution < 1.29 is 5.21 Å². The molecule has 1 aliphatic rings. The van der Waals surface area contributed by atoms with Gasteiger partial charge < -0.3 is 10.9 Å². The van der Waals surface area contributed by atoms with Crippen LogP contribution in [-0.4, -0.2) is 26.4 Å². The second kappa shape index (κ2) is 6.92. The number of nitrogen functional groups attached to an aromatic ring is 1. The van der Waals surface area contributed by atoms with Crippen molar-refractivity contribution in [1.82, 2.24) is 15.0 Å². The minimum atomic E-state index is -0.0418. The number of benzene rings is 1. The third-order valence-corrected chi connectivity index (χ3v) is 4.93. The summed E-state index contributed by atoms with van der Waals surface area (Å²) in [4.78, 5) is 12.7. The number of hydrogen-bond donors (Lipinski definition) is 2. The molecule has 2 atom stereocenters. The van der Waals surface area contributed by atoms with E-state index in [0.29, 0.717) is 0 Å². The number of nitrogens with two attached hydrogens (primary N) is 1. The highest BCUT2D eigenvalue weighted by Gasteiger charge is 2.30. The topological polar surface area (TPSA) is 97.3 Å². The minimum absolute atomic E-state index is 0.0418. The molecule has 0 fully saturated rings. The van der Waals surface area contributed by atoms with Gasteiger partial charge in [0.05, 0.1) is 11.9 Å². The van der Waals surface area contributed by atoms with Crippen molar-refractivity contribution in [3.05, 3.63) is 71.8 Å². The Bertz CT molecular complexity index is 942. The van der Waals surface area contributed by atoms with Crippen molar-refractivity contribution in [3.63, 3.8) is 0 Å². The SMILES string of the molecule is Nc1ncc2c(n1)CC(c1ccccc1-c1ccncc1)CC2C=NO. The van der Waals surface area contributed by atoms with Gasteiger partial charge in [-0.25, -0.2) is 9.97 Å². The van der Waals surface area contributed by atoms with Crippen LogP contribution in [0.4, 0.5) is 5.95 Å². The van der Waals surface area contributed by atoms with Gasteiger partial charge in [0.25, 0.3) is 0 Å². The standard InChI is InChI=1S/C20H19N5O/c21-20-23-12-18-15(11-24-26)9-14(10-19(18)25-20)17-4-2-1-3-16(17)13-5-7-22-8-6-13/h1-8,11-12,14-15,26H,9-10H2,(H2,21,23,25). The number of fused-ring (bicyclic) bond motifs is 1. The zero-order chi connectivity index (χ0) is 17.9. The number of anilines is 1. The summed E-state index contributed by atoms with van der Waals surface area (Å²) in [7, 11) is 0. The van der Waals surface area contributed by atoms with E-state index in [1.807, 2.05) is 18.2 Å². The molecule has 0 spiro atoms. The Morgan fingerprint density at radius 2 is 1.92 bits per heavy atom. The molecular formula is C20H19N5O. The summed E-state index contributed by atoms with van der Waals surface area (Å²) in [5, 5.41) is 12.4. The zero-order valence-electron chi connectivity index (χ0n) is 14.2. The molecule has 3 N–H and O–H groups in total. The molecule has 4 rings (SSSR count). The molecule has 130 valence electrons. The summed E-state index contributed by atoms with van der Waals surface area (Å²) in [6, 6.07) is 12.4. The number of pyridine rings is 1. The van der Waals surface area contributed by atoms with E-state index in [-0.39, 0.29) is 17.8 Å². The van der Waals surface area contributed by atoms with Gasteiger partial charge in [-0.3, -0.25) is 4.98 Å². The lowest BCUT2D eigenvalue weighted by Gasteiger charge is -2.30. The number of rotatable bonds is 3. The fourth-order valence-corrected chi connectivity index (χ4v) is 3.77. The maximum absolute atomic E-state index is 9.09. The van der Waals surface area contributed by atoms with E-state index in [0.717, 1.165) is 29.7 Å². The molecular weight excluding hydrogens is 326 g/mol. The van der Waals surface area contributed by atoms with Gasteiger partial charge in [0.1, 0.15) is 0 Å². The van der Waals surface area contributed by atoms with Gasteiger partial charge in [0.2, 0.25) is 5.95 Å². The summed E-state index contributed by atoms with van der Waals surface area (Å²) < 4.78 is 0.